The molecule has 110 valence electrons. The Morgan fingerprint density at radius 3 is 2.45 bits per heavy atom. The smallest absolute Gasteiger partial charge is 0.338 e. The fraction of sp³-hybridized carbons (Fsp3) is 0.0625. The van der Waals surface area contributed by atoms with Gasteiger partial charge in [-0.2, -0.15) is 5.10 Å². The largest absolute Gasteiger partial charge is 0.457 e. The predicted molar refractivity (Wildman–Crippen MR) is 81.9 cm³/mol. The lowest BCUT2D eigenvalue weighted by molar-refractivity contribution is 0.0473. The molecular weight excluding hydrogens is 302 g/mol. The van der Waals surface area contributed by atoms with Crippen LogP contribution in [-0.2, 0) is 11.3 Å². The standard InChI is InChI=1S/C16H12ClN3O2/c17-14-5-1-12(2-6-14)9-22-16(21)13-3-7-15(8-4-13)20-11-18-10-19-20/h1-8,10-11H,9H2. The first-order chi connectivity index (χ1) is 10.7. The number of aromatic nitrogens is 3. The van der Waals surface area contributed by atoms with Crippen molar-refractivity contribution < 1.29 is 9.53 Å². The summed E-state index contributed by atoms with van der Waals surface area (Å²) in [5.41, 5.74) is 2.20. The lowest BCUT2D eigenvalue weighted by Crippen LogP contribution is -2.05. The van der Waals surface area contributed by atoms with Crippen LogP contribution in [0.2, 0.25) is 5.02 Å². The Kier molecular flexibility index (Phi) is 4.16. The molecule has 0 saturated carbocycles. The molecule has 0 aliphatic rings. The maximum atomic E-state index is 12.0. The third kappa shape index (κ3) is 3.32. The molecule has 2 aromatic carbocycles. The molecule has 0 N–H and O–H groups in total. The molecule has 0 aliphatic heterocycles. The number of esters is 1. The number of nitrogens with zero attached hydrogens (tertiary/aromatic N) is 3. The topological polar surface area (TPSA) is 57.0 Å². The molecule has 3 rings (SSSR count). The first-order valence-electron chi connectivity index (χ1n) is 6.59. The van der Waals surface area contributed by atoms with Gasteiger partial charge in [0.15, 0.2) is 0 Å². The van der Waals surface area contributed by atoms with Gasteiger partial charge in [-0.05, 0) is 42.0 Å². The Morgan fingerprint density at radius 1 is 1.09 bits per heavy atom. The van der Waals surface area contributed by atoms with E-state index in [2.05, 4.69) is 10.1 Å². The Bertz CT molecular complexity index is 753. The Balaban J connectivity index is 1.63. The van der Waals surface area contributed by atoms with Crippen LogP contribution in [0.25, 0.3) is 5.69 Å². The van der Waals surface area contributed by atoms with E-state index >= 15 is 0 Å². The normalized spacial score (nSPS) is 10.4. The van der Waals surface area contributed by atoms with Crippen LogP contribution in [0.4, 0.5) is 0 Å². The molecule has 0 spiro atoms. The number of hydrogen-bond acceptors (Lipinski definition) is 4. The van der Waals surface area contributed by atoms with Crippen molar-refractivity contribution in [3.05, 3.63) is 77.3 Å². The monoisotopic (exact) mass is 313 g/mol. The van der Waals surface area contributed by atoms with Gasteiger partial charge in [-0.15, -0.1) is 0 Å². The molecule has 0 unspecified atom stereocenters. The Labute approximate surface area is 132 Å². The van der Waals surface area contributed by atoms with E-state index in [-0.39, 0.29) is 12.6 Å². The van der Waals surface area contributed by atoms with E-state index in [1.807, 2.05) is 12.1 Å². The van der Waals surface area contributed by atoms with Gasteiger partial charge in [-0.1, -0.05) is 23.7 Å². The van der Waals surface area contributed by atoms with Crippen LogP contribution < -0.4 is 0 Å². The fourth-order valence-electron chi connectivity index (χ4n) is 1.90. The summed E-state index contributed by atoms with van der Waals surface area (Å²) in [4.78, 5) is 15.9. The predicted octanol–water partition coefficient (Wildman–Crippen LogP) is 3.28. The molecule has 0 atom stereocenters. The molecule has 1 heterocycles. The summed E-state index contributed by atoms with van der Waals surface area (Å²) in [5, 5.41) is 4.67. The lowest BCUT2D eigenvalue weighted by atomic mass is 10.2. The van der Waals surface area contributed by atoms with Crippen molar-refractivity contribution in [1.29, 1.82) is 0 Å². The molecule has 5 nitrogen and oxygen atoms in total. The zero-order valence-electron chi connectivity index (χ0n) is 11.5. The number of ether oxygens (including phenoxy) is 1. The fourth-order valence-corrected chi connectivity index (χ4v) is 2.03. The molecule has 0 bridgehead atoms. The summed E-state index contributed by atoms with van der Waals surface area (Å²) >= 11 is 5.81. The van der Waals surface area contributed by atoms with Crippen LogP contribution in [0.1, 0.15) is 15.9 Å². The van der Waals surface area contributed by atoms with E-state index in [1.165, 1.54) is 6.33 Å². The number of rotatable bonds is 4. The number of carbonyl (C=O) groups excluding carboxylic acids is 1. The van der Waals surface area contributed by atoms with Gasteiger partial charge in [-0.25, -0.2) is 14.5 Å². The molecule has 0 saturated heterocycles. The molecule has 0 amide bonds. The second-order valence-corrected chi connectivity index (χ2v) is 5.03. The average Bonchev–Trinajstić information content (AvgIpc) is 3.09. The minimum Gasteiger partial charge on any atom is -0.457 e. The number of benzene rings is 2. The molecule has 6 heteroatoms. The molecule has 0 radical (unpaired) electrons. The minimum absolute atomic E-state index is 0.209. The summed E-state index contributed by atoms with van der Waals surface area (Å²) in [6, 6.07) is 14.1. The van der Waals surface area contributed by atoms with Gasteiger partial charge >= 0.3 is 5.97 Å². The first kappa shape index (κ1) is 14.3. The van der Waals surface area contributed by atoms with E-state index in [9.17, 15) is 4.79 Å². The zero-order valence-corrected chi connectivity index (χ0v) is 12.3. The van der Waals surface area contributed by atoms with Gasteiger partial charge in [0, 0.05) is 5.02 Å². The quantitative estimate of drug-likeness (QED) is 0.694. The van der Waals surface area contributed by atoms with Crippen LogP contribution in [0.3, 0.4) is 0 Å². The summed E-state index contributed by atoms with van der Waals surface area (Å²) in [5.74, 6) is -0.375. The van der Waals surface area contributed by atoms with Gasteiger partial charge in [0.2, 0.25) is 0 Å². The molecule has 1 aromatic heterocycles. The van der Waals surface area contributed by atoms with Gasteiger partial charge < -0.3 is 4.74 Å². The Hall–Kier alpha value is -2.66. The first-order valence-corrected chi connectivity index (χ1v) is 6.97. The molecule has 0 fully saturated rings. The van der Waals surface area contributed by atoms with Crippen molar-refractivity contribution >= 4 is 17.6 Å². The highest BCUT2D eigenvalue weighted by molar-refractivity contribution is 6.30. The number of hydrogen-bond donors (Lipinski definition) is 0. The third-order valence-corrected chi connectivity index (χ3v) is 3.32. The van der Waals surface area contributed by atoms with Gasteiger partial charge in [0.25, 0.3) is 0 Å². The maximum absolute atomic E-state index is 12.0. The number of carbonyl (C=O) groups is 1. The van der Waals surface area contributed by atoms with Crippen molar-refractivity contribution in [2.75, 3.05) is 0 Å². The van der Waals surface area contributed by atoms with E-state index in [4.69, 9.17) is 16.3 Å². The summed E-state index contributed by atoms with van der Waals surface area (Å²) in [6.07, 6.45) is 3.04. The van der Waals surface area contributed by atoms with Crippen LogP contribution in [0, 0.1) is 0 Å². The van der Waals surface area contributed by atoms with Gasteiger partial charge in [0.1, 0.15) is 19.3 Å². The highest BCUT2D eigenvalue weighted by atomic mass is 35.5. The van der Waals surface area contributed by atoms with Crippen molar-refractivity contribution in [3.63, 3.8) is 0 Å². The van der Waals surface area contributed by atoms with Crippen LogP contribution in [0.15, 0.2) is 61.2 Å². The highest BCUT2D eigenvalue weighted by Gasteiger charge is 2.08. The number of halogens is 1. The summed E-state index contributed by atoms with van der Waals surface area (Å²) in [6.45, 7) is 0.209. The van der Waals surface area contributed by atoms with E-state index in [0.717, 1.165) is 11.3 Å². The molecular formula is C16H12ClN3O2. The van der Waals surface area contributed by atoms with E-state index in [1.54, 1.807) is 47.4 Å². The zero-order chi connectivity index (χ0) is 15.4. The van der Waals surface area contributed by atoms with E-state index < -0.39 is 0 Å². The second kappa shape index (κ2) is 6.41. The molecule has 22 heavy (non-hydrogen) atoms. The second-order valence-electron chi connectivity index (χ2n) is 4.59. The Morgan fingerprint density at radius 2 is 1.82 bits per heavy atom. The summed E-state index contributed by atoms with van der Waals surface area (Å²) < 4.78 is 6.88. The van der Waals surface area contributed by atoms with Crippen molar-refractivity contribution in [2.24, 2.45) is 0 Å². The average molecular weight is 314 g/mol. The van der Waals surface area contributed by atoms with E-state index in [0.29, 0.717) is 10.6 Å². The lowest BCUT2D eigenvalue weighted by Gasteiger charge is -2.06. The minimum atomic E-state index is -0.375. The third-order valence-electron chi connectivity index (χ3n) is 3.07. The van der Waals surface area contributed by atoms with Crippen molar-refractivity contribution in [2.45, 2.75) is 6.61 Å². The van der Waals surface area contributed by atoms with Crippen LogP contribution >= 0.6 is 11.6 Å². The van der Waals surface area contributed by atoms with Gasteiger partial charge in [-0.3, -0.25) is 0 Å². The molecule has 3 aromatic rings. The molecule has 0 aliphatic carbocycles. The van der Waals surface area contributed by atoms with Crippen LogP contribution in [0.5, 0.6) is 0 Å². The van der Waals surface area contributed by atoms with Crippen LogP contribution in [-0.4, -0.2) is 20.7 Å². The maximum Gasteiger partial charge on any atom is 0.338 e. The highest BCUT2D eigenvalue weighted by Crippen LogP contribution is 2.13. The van der Waals surface area contributed by atoms with Gasteiger partial charge in [0.05, 0.1) is 11.3 Å². The summed E-state index contributed by atoms with van der Waals surface area (Å²) in [7, 11) is 0. The SMILES string of the molecule is O=C(OCc1ccc(Cl)cc1)c1ccc(-n2cncn2)cc1. The van der Waals surface area contributed by atoms with Crippen molar-refractivity contribution in [1.82, 2.24) is 14.8 Å². The van der Waals surface area contributed by atoms with Crippen molar-refractivity contribution in [3.8, 4) is 5.69 Å².